The Balaban J connectivity index is 1.36. The second-order valence-electron chi connectivity index (χ2n) is 9.76. The molecule has 0 N–H and O–H groups in total. The highest BCUT2D eigenvalue weighted by Gasteiger charge is 2.57. The molecule has 6 nitrogen and oxygen atoms in total. The minimum absolute atomic E-state index is 0.0121. The van der Waals surface area contributed by atoms with Crippen molar-refractivity contribution in [3.05, 3.63) is 48.0 Å². The van der Waals surface area contributed by atoms with Crippen molar-refractivity contribution in [3.8, 4) is 0 Å². The molecule has 0 bridgehead atoms. The SMILES string of the molecule is COCCCN1C(=O)N(Cc2ccc3ccccc3c2)C(=O)C12CCN(C1CCSCC1)CC2. The molecule has 7 heteroatoms. The van der Waals surface area contributed by atoms with E-state index in [-0.39, 0.29) is 11.9 Å². The molecule has 0 atom stereocenters. The highest BCUT2D eigenvalue weighted by atomic mass is 32.2. The van der Waals surface area contributed by atoms with Crippen LogP contribution in [-0.2, 0) is 16.1 Å². The van der Waals surface area contributed by atoms with E-state index in [1.54, 1.807) is 7.11 Å². The van der Waals surface area contributed by atoms with Crippen LogP contribution in [0.4, 0.5) is 4.79 Å². The molecule has 3 saturated heterocycles. The van der Waals surface area contributed by atoms with Crippen molar-refractivity contribution in [2.45, 2.75) is 50.2 Å². The van der Waals surface area contributed by atoms with Gasteiger partial charge < -0.3 is 14.5 Å². The van der Waals surface area contributed by atoms with Crippen molar-refractivity contribution >= 4 is 34.5 Å². The monoisotopic (exact) mass is 481 g/mol. The summed E-state index contributed by atoms with van der Waals surface area (Å²) in [5.74, 6) is 2.45. The molecule has 3 aliphatic rings. The van der Waals surface area contributed by atoms with Crippen molar-refractivity contribution in [2.75, 3.05) is 44.9 Å². The Morgan fingerprint density at radius 2 is 1.76 bits per heavy atom. The molecule has 182 valence electrons. The lowest BCUT2D eigenvalue weighted by Crippen LogP contribution is -2.58. The minimum atomic E-state index is -0.707. The number of methoxy groups -OCH3 is 1. The van der Waals surface area contributed by atoms with Gasteiger partial charge in [0.2, 0.25) is 0 Å². The van der Waals surface area contributed by atoms with Crippen LogP contribution in [-0.4, -0.2) is 83.1 Å². The maximum absolute atomic E-state index is 13.9. The average molecular weight is 482 g/mol. The number of carbonyl (C=O) groups excluding carboxylic acids is 2. The topological polar surface area (TPSA) is 53.1 Å². The summed E-state index contributed by atoms with van der Waals surface area (Å²) in [6, 6.07) is 14.9. The number of fused-ring (bicyclic) bond motifs is 1. The van der Waals surface area contributed by atoms with Gasteiger partial charge in [-0.05, 0) is 66.0 Å². The summed E-state index contributed by atoms with van der Waals surface area (Å²) in [5, 5.41) is 2.29. The molecule has 5 rings (SSSR count). The molecule has 1 spiro atoms. The van der Waals surface area contributed by atoms with E-state index in [0.29, 0.717) is 25.7 Å². The van der Waals surface area contributed by atoms with Crippen molar-refractivity contribution < 1.29 is 14.3 Å². The van der Waals surface area contributed by atoms with Gasteiger partial charge in [0.05, 0.1) is 6.54 Å². The molecule has 3 amide bonds. The quantitative estimate of drug-likeness (QED) is 0.434. The van der Waals surface area contributed by atoms with E-state index in [9.17, 15) is 9.59 Å². The van der Waals surface area contributed by atoms with E-state index in [4.69, 9.17) is 4.74 Å². The first-order valence-corrected chi connectivity index (χ1v) is 13.7. The predicted octanol–water partition coefficient (Wildman–Crippen LogP) is 4.37. The van der Waals surface area contributed by atoms with E-state index in [2.05, 4.69) is 29.2 Å². The van der Waals surface area contributed by atoms with Crippen LogP contribution in [0.2, 0.25) is 0 Å². The van der Waals surface area contributed by atoms with Gasteiger partial charge in [-0.25, -0.2) is 4.79 Å². The van der Waals surface area contributed by atoms with Crippen molar-refractivity contribution in [2.24, 2.45) is 0 Å². The van der Waals surface area contributed by atoms with E-state index < -0.39 is 5.54 Å². The largest absolute Gasteiger partial charge is 0.385 e. The Hall–Kier alpha value is -2.09. The van der Waals surface area contributed by atoms with Crippen LogP contribution in [0.1, 0.15) is 37.7 Å². The van der Waals surface area contributed by atoms with E-state index in [1.807, 2.05) is 34.9 Å². The first kappa shape index (κ1) is 23.6. The summed E-state index contributed by atoms with van der Waals surface area (Å²) in [6.45, 7) is 3.25. The van der Waals surface area contributed by atoms with Crippen LogP contribution in [0.15, 0.2) is 42.5 Å². The molecule has 3 aliphatic heterocycles. The molecule has 0 saturated carbocycles. The first-order valence-electron chi connectivity index (χ1n) is 12.5. The minimum Gasteiger partial charge on any atom is -0.385 e. The Bertz CT molecular complexity index is 1030. The van der Waals surface area contributed by atoms with Crippen molar-refractivity contribution in [1.82, 2.24) is 14.7 Å². The van der Waals surface area contributed by atoms with Crippen LogP contribution < -0.4 is 0 Å². The number of nitrogens with zero attached hydrogens (tertiary/aromatic N) is 3. The summed E-state index contributed by atoms with van der Waals surface area (Å²) in [4.78, 5) is 33.5. The number of hydrogen-bond donors (Lipinski definition) is 0. The summed E-state index contributed by atoms with van der Waals surface area (Å²) in [5.41, 5.74) is 0.285. The number of amides is 3. The lowest BCUT2D eigenvalue weighted by atomic mass is 9.84. The standard InChI is InChI=1S/C27H35N3O3S/c1-33-16-4-13-30-26(32)29(20-21-7-8-22-5-2-3-6-23(22)19-21)25(31)27(30)11-14-28(15-12-27)24-9-17-34-18-10-24/h2-3,5-8,19,24H,4,9-18,20H2,1H3. The van der Waals surface area contributed by atoms with Gasteiger partial charge >= 0.3 is 6.03 Å². The lowest BCUT2D eigenvalue weighted by molar-refractivity contribution is -0.136. The normalized spacial score (nSPS) is 21.8. The Labute approximate surface area is 206 Å². The molecule has 2 aromatic rings. The molecular weight excluding hydrogens is 446 g/mol. The second-order valence-corrected chi connectivity index (χ2v) is 11.0. The summed E-state index contributed by atoms with van der Waals surface area (Å²) in [7, 11) is 1.68. The third kappa shape index (κ3) is 4.45. The van der Waals surface area contributed by atoms with Crippen molar-refractivity contribution in [1.29, 1.82) is 0 Å². The number of carbonyl (C=O) groups is 2. The van der Waals surface area contributed by atoms with Gasteiger partial charge in [-0.3, -0.25) is 9.69 Å². The Kier molecular flexibility index (Phi) is 7.14. The van der Waals surface area contributed by atoms with Crippen LogP contribution >= 0.6 is 11.8 Å². The van der Waals surface area contributed by atoms with E-state index in [0.717, 1.165) is 48.7 Å². The third-order valence-electron chi connectivity index (χ3n) is 7.84. The Morgan fingerprint density at radius 1 is 1.03 bits per heavy atom. The zero-order chi connectivity index (χ0) is 23.5. The van der Waals surface area contributed by atoms with Crippen molar-refractivity contribution in [3.63, 3.8) is 0 Å². The molecule has 0 aromatic heterocycles. The highest BCUT2D eigenvalue weighted by Crippen LogP contribution is 2.39. The number of thioether (sulfide) groups is 1. The van der Waals surface area contributed by atoms with Gasteiger partial charge in [-0.1, -0.05) is 36.4 Å². The molecule has 0 radical (unpaired) electrons. The number of rotatable bonds is 7. The van der Waals surface area contributed by atoms with Crippen LogP contribution in [0.5, 0.6) is 0 Å². The molecule has 0 aliphatic carbocycles. The summed E-state index contributed by atoms with van der Waals surface area (Å²) >= 11 is 2.04. The third-order valence-corrected chi connectivity index (χ3v) is 8.89. The lowest BCUT2D eigenvalue weighted by Gasteiger charge is -2.45. The number of benzene rings is 2. The summed E-state index contributed by atoms with van der Waals surface area (Å²) < 4.78 is 5.25. The van der Waals surface area contributed by atoms with Crippen LogP contribution in [0.25, 0.3) is 10.8 Å². The Morgan fingerprint density at radius 3 is 2.50 bits per heavy atom. The van der Waals surface area contributed by atoms with Crippen LogP contribution in [0.3, 0.4) is 0 Å². The van der Waals surface area contributed by atoms with Gasteiger partial charge in [0, 0.05) is 39.4 Å². The van der Waals surface area contributed by atoms with Crippen LogP contribution in [0, 0.1) is 0 Å². The number of urea groups is 1. The second kappa shape index (κ2) is 10.3. The maximum Gasteiger partial charge on any atom is 0.327 e. The molecule has 0 unspecified atom stereocenters. The fraction of sp³-hybridized carbons (Fsp3) is 0.556. The number of likely N-dealkylation sites (tertiary alicyclic amines) is 1. The zero-order valence-electron chi connectivity index (χ0n) is 20.1. The molecule has 34 heavy (non-hydrogen) atoms. The van der Waals surface area contributed by atoms with E-state index >= 15 is 0 Å². The number of ether oxygens (including phenoxy) is 1. The number of hydrogen-bond acceptors (Lipinski definition) is 5. The van der Waals surface area contributed by atoms with Gasteiger partial charge in [0.15, 0.2) is 0 Å². The maximum atomic E-state index is 13.9. The smallest absolute Gasteiger partial charge is 0.327 e. The van der Waals surface area contributed by atoms with Gasteiger partial charge in [-0.15, -0.1) is 0 Å². The number of piperidine rings is 1. The van der Waals surface area contributed by atoms with Gasteiger partial charge in [0.1, 0.15) is 5.54 Å². The average Bonchev–Trinajstić information content (AvgIpc) is 3.06. The fourth-order valence-corrected chi connectivity index (χ4v) is 6.99. The zero-order valence-corrected chi connectivity index (χ0v) is 20.9. The van der Waals surface area contributed by atoms with E-state index in [1.165, 1.54) is 29.2 Å². The molecule has 3 fully saturated rings. The van der Waals surface area contributed by atoms with Gasteiger partial charge in [-0.2, -0.15) is 11.8 Å². The number of imide groups is 1. The predicted molar refractivity (Wildman–Crippen MR) is 137 cm³/mol. The molecular formula is C27H35N3O3S. The molecule has 3 heterocycles. The van der Waals surface area contributed by atoms with Gasteiger partial charge in [0.25, 0.3) is 5.91 Å². The highest BCUT2D eigenvalue weighted by molar-refractivity contribution is 7.99. The first-order chi connectivity index (χ1) is 16.6. The summed E-state index contributed by atoms with van der Waals surface area (Å²) in [6.07, 6.45) is 4.65. The molecule has 2 aromatic carbocycles. The fourth-order valence-electron chi connectivity index (χ4n) is 5.91.